The van der Waals surface area contributed by atoms with Gasteiger partial charge in [0.25, 0.3) is 0 Å². The van der Waals surface area contributed by atoms with Crippen LogP contribution in [0, 0.1) is 0 Å². The molecule has 4 atom stereocenters. The van der Waals surface area contributed by atoms with Crippen LogP contribution >= 0.6 is 0 Å². The van der Waals surface area contributed by atoms with Crippen molar-refractivity contribution in [3.8, 4) is 0 Å². The number of carboxylic acid groups (broad SMARTS) is 1. The summed E-state index contributed by atoms with van der Waals surface area (Å²) >= 11 is 0. The maximum Gasteiger partial charge on any atom is 0.303 e. The molecule has 0 spiro atoms. The van der Waals surface area contributed by atoms with E-state index in [1.54, 1.807) is 0 Å². The molecule has 0 rings (SSSR count). The van der Waals surface area contributed by atoms with Gasteiger partial charge in [-0.1, -0.05) is 122 Å². The van der Waals surface area contributed by atoms with E-state index in [4.69, 9.17) is 35.7 Å². The third kappa shape index (κ3) is 26.3. The fourth-order valence-electron chi connectivity index (χ4n) is 4.03. The van der Waals surface area contributed by atoms with Gasteiger partial charge in [0.1, 0.15) is 24.4 Å². The van der Waals surface area contributed by atoms with Gasteiger partial charge >= 0.3 is 5.97 Å². The smallest absolute Gasteiger partial charge is 0.303 e. The van der Waals surface area contributed by atoms with Gasteiger partial charge in [-0.15, -0.1) is 0 Å². The van der Waals surface area contributed by atoms with Gasteiger partial charge in [-0.3, -0.25) is 4.79 Å². The minimum atomic E-state index is -1.67. The standard InChI is InChI=1S/C22H44O2.C6H14O6/c1-2-3-4-5-6-7-8-9-10-11-12-13-14-15-16-17-18-19-20-21-22(23)24;7-1-3(9)5(11)6(12)4(10)2-8/h2-21H2,1H3,(H,23,24);3-12H,1-2H2/t;3-,4-,5-,6-/m.1/s1. The Bertz CT molecular complexity index is 435. The number of rotatable bonds is 25. The SMILES string of the molecule is CCCCCCCCCCCCCCCCCCCCCC(=O)O.OC[C@@H](O)[C@@H](O)[C@H](O)[C@H](O)CO. The Morgan fingerprint density at radius 2 is 0.750 bits per heavy atom. The lowest BCUT2D eigenvalue weighted by atomic mass is 10.0. The monoisotopic (exact) mass is 522 g/mol. The van der Waals surface area contributed by atoms with Crippen molar-refractivity contribution < 1.29 is 40.5 Å². The van der Waals surface area contributed by atoms with Crippen LogP contribution in [0.15, 0.2) is 0 Å². The van der Waals surface area contributed by atoms with E-state index in [1.165, 1.54) is 109 Å². The van der Waals surface area contributed by atoms with E-state index in [1.807, 2.05) is 0 Å². The normalized spacial score (nSPS) is 14.5. The Balaban J connectivity index is 0. The summed E-state index contributed by atoms with van der Waals surface area (Å²) < 4.78 is 0. The Hall–Kier alpha value is -0.770. The molecular formula is C28H58O8. The summed E-state index contributed by atoms with van der Waals surface area (Å²) in [6, 6.07) is 0. The summed E-state index contributed by atoms with van der Waals surface area (Å²) in [6.07, 6.45) is 19.7. The van der Waals surface area contributed by atoms with E-state index in [0.29, 0.717) is 6.42 Å². The average Bonchev–Trinajstić information content (AvgIpc) is 2.88. The molecule has 0 aromatic carbocycles. The van der Waals surface area contributed by atoms with Crippen LogP contribution in [0.1, 0.15) is 135 Å². The van der Waals surface area contributed by atoms with Crippen LogP contribution in [0.2, 0.25) is 0 Å². The topological polar surface area (TPSA) is 159 Å². The molecule has 8 heteroatoms. The first-order chi connectivity index (χ1) is 17.3. The van der Waals surface area contributed by atoms with Crippen molar-refractivity contribution in [1.82, 2.24) is 0 Å². The number of hydrogen-bond donors (Lipinski definition) is 7. The van der Waals surface area contributed by atoms with Crippen molar-refractivity contribution in [2.45, 2.75) is 160 Å². The number of aliphatic hydroxyl groups excluding tert-OH is 6. The summed E-state index contributed by atoms with van der Waals surface area (Å²) in [5, 5.41) is 60.7. The fraction of sp³-hybridized carbons (Fsp3) is 0.964. The van der Waals surface area contributed by atoms with Crippen LogP contribution in [0.3, 0.4) is 0 Å². The third-order valence-electron chi connectivity index (χ3n) is 6.51. The Labute approximate surface area is 219 Å². The summed E-state index contributed by atoms with van der Waals surface area (Å²) in [5.41, 5.74) is 0. The minimum absolute atomic E-state index is 0.346. The highest BCUT2D eigenvalue weighted by atomic mass is 16.4. The first kappa shape index (κ1) is 37.4. The van der Waals surface area contributed by atoms with Gasteiger partial charge in [-0.2, -0.15) is 0 Å². The van der Waals surface area contributed by atoms with E-state index < -0.39 is 43.6 Å². The molecule has 7 N–H and O–H groups in total. The zero-order chi connectivity index (χ0) is 27.4. The molecule has 0 aliphatic carbocycles. The van der Waals surface area contributed by atoms with Crippen LogP contribution in [0.25, 0.3) is 0 Å². The Morgan fingerprint density at radius 1 is 0.500 bits per heavy atom. The number of carbonyl (C=O) groups is 1. The van der Waals surface area contributed by atoms with E-state index >= 15 is 0 Å². The highest BCUT2D eigenvalue weighted by Crippen LogP contribution is 2.14. The Morgan fingerprint density at radius 3 is 0.972 bits per heavy atom. The summed E-state index contributed by atoms with van der Waals surface area (Å²) in [5.74, 6) is -0.651. The van der Waals surface area contributed by atoms with Gasteiger partial charge in [-0.05, 0) is 6.42 Å². The molecule has 0 aliphatic heterocycles. The van der Waals surface area contributed by atoms with Gasteiger partial charge in [0.2, 0.25) is 0 Å². The zero-order valence-electron chi connectivity index (χ0n) is 22.9. The van der Waals surface area contributed by atoms with Crippen LogP contribution in [0.5, 0.6) is 0 Å². The van der Waals surface area contributed by atoms with Crippen molar-refractivity contribution in [2.75, 3.05) is 13.2 Å². The predicted molar refractivity (Wildman–Crippen MR) is 144 cm³/mol. The molecule has 0 saturated heterocycles. The van der Waals surface area contributed by atoms with Crippen molar-refractivity contribution in [2.24, 2.45) is 0 Å². The largest absolute Gasteiger partial charge is 0.481 e. The second kappa shape index (κ2) is 28.8. The molecule has 0 aromatic heterocycles. The number of carboxylic acids is 1. The highest BCUT2D eigenvalue weighted by Gasteiger charge is 2.29. The molecule has 0 saturated carbocycles. The molecule has 0 amide bonds. The first-order valence-corrected chi connectivity index (χ1v) is 14.5. The van der Waals surface area contributed by atoms with E-state index in [-0.39, 0.29) is 0 Å². The Kier molecular flexibility index (Phi) is 29.9. The molecule has 218 valence electrons. The van der Waals surface area contributed by atoms with Gasteiger partial charge in [-0.25, -0.2) is 0 Å². The number of aliphatic carboxylic acids is 1. The molecule has 0 unspecified atom stereocenters. The van der Waals surface area contributed by atoms with Crippen LogP contribution in [-0.2, 0) is 4.79 Å². The summed E-state index contributed by atoms with van der Waals surface area (Å²) in [4.78, 5) is 10.4. The van der Waals surface area contributed by atoms with Crippen LogP contribution < -0.4 is 0 Å². The first-order valence-electron chi connectivity index (χ1n) is 14.5. The fourth-order valence-corrected chi connectivity index (χ4v) is 4.03. The molecule has 0 aromatic rings. The van der Waals surface area contributed by atoms with Crippen LogP contribution in [-0.4, -0.2) is 79.3 Å². The van der Waals surface area contributed by atoms with E-state index in [0.717, 1.165) is 12.8 Å². The summed E-state index contributed by atoms with van der Waals surface area (Å²) in [6.45, 7) is 0.831. The average molecular weight is 523 g/mol. The van der Waals surface area contributed by atoms with Gasteiger partial charge in [0.05, 0.1) is 13.2 Å². The molecular weight excluding hydrogens is 464 g/mol. The molecule has 0 heterocycles. The molecule has 36 heavy (non-hydrogen) atoms. The van der Waals surface area contributed by atoms with Crippen molar-refractivity contribution in [1.29, 1.82) is 0 Å². The van der Waals surface area contributed by atoms with Gasteiger partial charge in [0, 0.05) is 6.42 Å². The summed E-state index contributed by atoms with van der Waals surface area (Å²) in [7, 11) is 0. The van der Waals surface area contributed by atoms with Gasteiger partial charge < -0.3 is 35.7 Å². The minimum Gasteiger partial charge on any atom is -0.481 e. The van der Waals surface area contributed by atoms with Crippen LogP contribution in [0.4, 0.5) is 0 Å². The van der Waals surface area contributed by atoms with Crippen molar-refractivity contribution >= 4 is 5.97 Å². The van der Waals surface area contributed by atoms with Crippen molar-refractivity contribution in [3.63, 3.8) is 0 Å². The molecule has 0 aliphatic rings. The number of aliphatic hydroxyl groups is 6. The second-order valence-corrected chi connectivity index (χ2v) is 9.99. The van der Waals surface area contributed by atoms with Gasteiger partial charge in [0.15, 0.2) is 0 Å². The maximum atomic E-state index is 10.4. The molecule has 0 bridgehead atoms. The van der Waals surface area contributed by atoms with E-state index in [2.05, 4.69) is 6.92 Å². The predicted octanol–water partition coefficient (Wildman–Crippen LogP) is 4.31. The highest BCUT2D eigenvalue weighted by molar-refractivity contribution is 5.66. The zero-order valence-corrected chi connectivity index (χ0v) is 22.9. The molecule has 0 radical (unpaired) electrons. The lowest BCUT2D eigenvalue weighted by Gasteiger charge is -2.24. The maximum absolute atomic E-state index is 10.4. The van der Waals surface area contributed by atoms with Crippen molar-refractivity contribution in [3.05, 3.63) is 0 Å². The van der Waals surface area contributed by atoms with E-state index in [9.17, 15) is 4.79 Å². The quantitative estimate of drug-likeness (QED) is 0.0874. The second-order valence-electron chi connectivity index (χ2n) is 9.99. The number of hydrogen-bond acceptors (Lipinski definition) is 7. The third-order valence-corrected chi connectivity index (χ3v) is 6.51. The number of unbranched alkanes of at least 4 members (excludes halogenated alkanes) is 18. The molecule has 0 fully saturated rings. The lowest BCUT2D eigenvalue weighted by Crippen LogP contribution is -2.46. The lowest BCUT2D eigenvalue weighted by molar-refractivity contribution is -0.137. The molecule has 8 nitrogen and oxygen atoms in total.